The van der Waals surface area contributed by atoms with Crippen LogP contribution in [-0.2, 0) is 6.54 Å². The fraction of sp³-hybridized carbons (Fsp3) is 0.190. The molecule has 6 heteroatoms. The Hall–Kier alpha value is -2.50. The molecule has 1 N–H and O–H groups in total. The van der Waals surface area contributed by atoms with Crippen molar-refractivity contribution in [3.63, 3.8) is 0 Å². The number of aromatic nitrogens is 1. The first kappa shape index (κ1) is 17.9. The van der Waals surface area contributed by atoms with Crippen LogP contribution in [0.3, 0.4) is 0 Å². The van der Waals surface area contributed by atoms with Crippen molar-refractivity contribution in [2.24, 2.45) is 0 Å². The Labute approximate surface area is 169 Å². The number of nitrogens with zero attached hydrogens (tertiary/aromatic N) is 2. The van der Waals surface area contributed by atoms with Gasteiger partial charge in [0.2, 0.25) is 0 Å². The fourth-order valence-electron chi connectivity index (χ4n) is 3.47. The molecule has 1 aliphatic rings. The Bertz CT molecular complexity index is 937. The zero-order valence-corrected chi connectivity index (χ0v) is 16.5. The molecule has 2 heterocycles. The van der Waals surface area contributed by atoms with Crippen LogP contribution < -0.4 is 10.1 Å². The lowest BCUT2D eigenvalue weighted by Crippen LogP contribution is -2.44. The van der Waals surface area contributed by atoms with Gasteiger partial charge in [0, 0.05) is 35.7 Å². The number of hydrogen-bond donors (Lipinski definition) is 1. The summed E-state index contributed by atoms with van der Waals surface area (Å²) in [5.74, 6) is 0.821. The van der Waals surface area contributed by atoms with Gasteiger partial charge in [-0.05, 0) is 66.3 Å². The minimum Gasteiger partial charge on any atom is -0.497 e. The monoisotopic (exact) mass is 397 g/mol. The molecule has 4 nitrogen and oxygen atoms in total. The molecule has 0 saturated carbocycles. The first-order valence-corrected chi connectivity index (χ1v) is 9.56. The molecule has 0 radical (unpaired) electrons. The van der Waals surface area contributed by atoms with Crippen LogP contribution in [0.2, 0.25) is 5.02 Å². The number of halogens is 1. The molecule has 0 spiro atoms. The molecule has 138 valence electrons. The van der Waals surface area contributed by atoms with E-state index in [4.69, 9.17) is 28.6 Å². The van der Waals surface area contributed by atoms with E-state index in [9.17, 15) is 0 Å². The molecule has 1 aromatic heterocycles. The zero-order chi connectivity index (χ0) is 18.8. The summed E-state index contributed by atoms with van der Waals surface area (Å²) in [5.41, 5.74) is 3.33. The van der Waals surface area contributed by atoms with Crippen LogP contribution in [-0.4, -0.2) is 28.2 Å². The Kier molecular flexibility index (Phi) is 5.05. The highest BCUT2D eigenvalue weighted by atomic mass is 35.5. The molecule has 3 aromatic rings. The van der Waals surface area contributed by atoms with Crippen LogP contribution in [0, 0.1) is 0 Å². The van der Waals surface area contributed by atoms with E-state index < -0.39 is 0 Å². The van der Waals surface area contributed by atoms with E-state index in [1.165, 1.54) is 5.69 Å². The number of anilines is 1. The Balaban J connectivity index is 1.63. The number of thiocarbonyl (C=S) groups is 1. The van der Waals surface area contributed by atoms with Gasteiger partial charge in [-0.3, -0.25) is 0 Å². The smallest absolute Gasteiger partial charge is 0.174 e. The number of ether oxygens (including phenoxy) is 1. The number of benzene rings is 2. The summed E-state index contributed by atoms with van der Waals surface area (Å²) >= 11 is 11.9. The van der Waals surface area contributed by atoms with Crippen molar-refractivity contribution in [1.29, 1.82) is 0 Å². The molecule has 0 amide bonds. The molecule has 1 aliphatic heterocycles. The van der Waals surface area contributed by atoms with E-state index in [-0.39, 0.29) is 6.04 Å². The molecule has 2 aromatic carbocycles. The Morgan fingerprint density at radius 3 is 2.52 bits per heavy atom. The predicted molar refractivity (Wildman–Crippen MR) is 114 cm³/mol. The zero-order valence-electron chi connectivity index (χ0n) is 14.9. The number of rotatable bonds is 3. The maximum Gasteiger partial charge on any atom is 0.174 e. The fourth-order valence-corrected chi connectivity index (χ4v) is 3.91. The van der Waals surface area contributed by atoms with Crippen LogP contribution in [0.1, 0.15) is 17.3 Å². The van der Waals surface area contributed by atoms with Gasteiger partial charge in [0.05, 0.1) is 13.2 Å². The third kappa shape index (κ3) is 3.66. The number of nitrogens with one attached hydrogen (secondary N) is 1. The van der Waals surface area contributed by atoms with Crippen molar-refractivity contribution in [2.45, 2.75) is 12.6 Å². The number of fused-ring (bicyclic) bond motifs is 1. The molecule has 27 heavy (non-hydrogen) atoms. The lowest BCUT2D eigenvalue weighted by Gasteiger charge is -2.39. The van der Waals surface area contributed by atoms with E-state index in [0.717, 1.165) is 35.1 Å². The van der Waals surface area contributed by atoms with Gasteiger partial charge in [-0.1, -0.05) is 23.7 Å². The Morgan fingerprint density at radius 2 is 1.81 bits per heavy atom. The molecular weight excluding hydrogens is 378 g/mol. The summed E-state index contributed by atoms with van der Waals surface area (Å²) in [6.45, 7) is 1.73. The van der Waals surface area contributed by atoms with Crippen molar-refractivity contribution in [3.8, 4) is 5.75 Å². The Morgan fingerprint density at radius 1 is 1.07 bits per heavy atom. The van der Waals surface area contributed by atoms with Gasteiger partial charge in [-0.2, -0.15) is 0 Å². The molecule has 1 unspecified atom stereocenters. The first-order valence-electron chi connectivity index (χ1n) is 8.78. The molecule has 0 fully saturated rings. The van der Waals surface area contributed by atoms with Gasteiger partial charge < -0.3 is 19.5 Å². The maximum atomic E-state index is 6.09. The summed E-state index contributed by atoms with van der Waals surface area (Å²) in [6.07, 6.45) is 2.12. The SMILES string of the molecule is COc1ccc(NC(=S)N2CCn3cccc3C2c2ccc(Cl)cc2)cc1. The second-order valence-corrected chi connectivity index (χ2v) is 7.26. The largest absolute Gasteiger partial charge is 0.497 e. The van der Waals surface area contributed by atoms with Crippen molar-refractivity contribution in [3.05, 3.63) is 83.1 Å². The van der Waals surface area contributed by atoms with Gasteiger partial charge in [-0.25, -0.2) is 0 Å². The molecule has 4 rings (SSSR count). The average Bonchev–Trinajstić information content (AvgIpc) is 3.17. The normalized spacial score (nSPS) is 15.9. The topological polar surface area (TPSA) is 29.4 Å². The molecular formula is C21H20ClN3OS. The lowest BCUT2D eigenvalue weighted by atomic mass is 10.0. The number of methoxy groups -OCH3 is 1. The van der Waals surface area contributed by atoms with Crippen LogP contribution in [0.25, 0.3) is 0 Å². The second kappa shape index (κ2) is 7.62. The highest BCUT2D eigenvalue weighted by molar-refractivity contribution is 7.80. The van der Waals surface area contributed by atoms with E-state index in [1.807, 2.05) is 36.4 Å². The molecule has 0 saturated heterocycles. The van der Waals surface area contributed by atoms with Crippen LogP contribution in [0.5, 0.6) is 5.75 Å². The average molecular weight is 398 g/mol. The third-order valence-corrected chi connectivity index (χ3v) is 5.41. The van der Waals surface area contributed by atoms with Crippen molar-refractivity contribution < 1.29 is 4.74 Å². The quantitative estimate of drug-likeness (QED) is 0.633. The van der Waals surface area contributed by atoms with Crippen LogP contribution in [0.15, 0.2) is 66.9 Å². The minimum absolute atomic E-state index is 0.0456. The number of hydrogen-bond acceptors (Lipinski definition) is 2. The summed E-state index contributed by atoms with van der Waals surface area (Å²) in [4.78, 5) is 2.23. The minimum atomic E-state index is 0.0456. The van der Waals surface area contributed by atoms with Crippen molar-refractivity contribution >= 4 is 34.6 Å². The predicted octanol–water partition coefficient (Wildman–Crippen LogP) is 4.95. The molecule has 1 atom stereocenters. The van der Waals surface area contributed by atoms with Gasteiger partial charge in [0.1, 0.15) is 5.75 Å². The second-order valence-electron chi connectivity index (χ2n) is 6.43. The maximum absolute atomic E-state index is 6.09. The molecule has 0 bridgehead atoms. The highest BCUT2D eigenvalue weighted by Gasteiger charge is 2.30. The van der Waals surface area contributed by atoms with Crippen LogP contribution >= 0.6 is 23.8 Å². The first-order chi connectivity index (χ1) is 13.2. The van der Waals surface area contributed by atoms with Gasteiger partial charge in [0.15, 0.2) is 5.11 Å². The van der Waals surface area contributed by atoms with E-state index >= 15 is 0 Å². The van der Waals surface area contributed by atoms with E-state index in [2.05, 4.69) is 45.2 Å². The van der Waals surface area contributed by atoms with Crippen molar-refractivity contribution in [2.75, 3.05) is 19.0 Å². The summed E-state index contributed by atoms with van der Waals surface area (Å²) in [6, 6.07) is 20.0. The van der Waals surface area contributed by atoms with Gasteiger partial charge in [0.25, 0.3) is 0 Å². The molecule has 0 aliphatic carbocycles. The standard InChI is InChI=1S/C21H20ClN3OS/c1-26-18-10-8-17(9-11-18)23-21(27)25-14-13-24-12-2-3-19(24)20(25)15-4-6-16(22)7-5-15/h2-12,20H,13-14H2,1H3,(H,23,27). The van der Waals surface area contributed by atoms with Crippen molar-refractivity contribution in [1.82, 2.24) is 9.47 Å². The highest BCUT2D eigenvalue weighted by Crippen LogP contribution is 2.33. The summed E-state index contributed by atoms with van der Waals surface area (Å²) in [5, 5.41) is 4.80. The summed E-state index contributed by atoms with van der Waals surface area (Å²) < 4.78 is 7.50. The van der Waals surface area contributed by atoms with E-state index in [1.54, 1.807) is 7.11 Å². The van der Waals surface area contributed by atoms with Crippen LogP contribution in [0.4, 0.5) is 5.69 Å². The van der Waals surface area contributed by atoms with Gasteiger partial charge >= 0.3 is 0 Å². The summed E-state index contributed by atoms with van der Waals surface area (Å²) in [7, 11) is 1.66. The lowest BCUT2D eigenvalue weighted by molar-refractivity contribution is 0.293. The third-order valence-electron chi connectivity index (χ3n) is 4.83. The van der Waals surface area contributed by atoms with Gasteiger partial charge in [-0.15, -0.1) is 0 Å². The van der Waals surface area contributed by atoms with E-state index in [0.29, 0.717) is 5.11 Å².